The lowest BCUT2D eigenvalue weighted by atomic mass is 9.91. The molecule has 0 radical (unpaired) electrons. The Kier molecular flexibility index (Phi) is 5.26. The lowest BCUT2D eigenvalue weighted by molar-refractivity contribution is 0.0958. The van der Waals surface area contributed by atoms with Crippen molar-refractivity contribution in [1.82, 2.24) is 4.90 Å². The molecule has 18 heavy (non-hydrogen) atoms. The van der Waals surface area contributed by atoms with Gasteiger partial charge in [0, 0.05) is 13.7 Å². The Bertz CT molecular complexity index is 323. The van der Waals surface area contributed by atoms with E-state index in [2.05, 4.69) is 17.9 Å². The molecule has 2 rings (SSSR count). The molecule has 1 aliphatic heterocycles. The second-order valence-corrected chi connectivity index (χ2v) is 5.40. The second kappa shape index (κ2) is 6.95. The summed E-state index contributed by atoms with van der Waals surface area (Å²) < 4.78 is 10.7. The number of rotatable bonds is 6. The Hall–Kier alpha value is -0.800. The molecular formula is C15H25NO2. The number of likely N-dealkylation sites (tertiary alicyclic amines) is 1. The van der Waals surface area contributed by atoms with Gasteiger partial charge in [0.05, 0.1) is 12.3 Å². The molecular weight excluding hydrogens is 226 g/mol. The fourth-order valence-corrected chi connectivity index (χ4v) is 2.80. The number of ether oxygens (including phenoxy) is 1. The van der Waals surface area contributed by atoms with Gasteiger partial charge in [0.15, 0.2) is 0 Å². The molecule has 1 aromatic rings. The maximum atomic E-state index is 5.61. The number of methoxy groups -OCH3 is 1. The van der Waals surface area contributed by atoms with Crippen LogP contribution in [0.3, 0.4) is 0 Å². The predicted molar refractivity (Wildman–Crippen MR) is 72.5 cm³/mol. The highest BCUT2D eigenvalue weighted by atomic mass is 16.5. The minimum absolute atomic E-state index is 0.478. The average Bonchev–Trinajstić information content (AvgIpc) is 2.90. The topological polar surface area (TPSA) is 25.6 Å². The summed E-state index contributed by atoms with van der Waals surface area (Å²) in [7, 11) is 1.77. The van der Waals surface area contributed by atoms with Crippen LogP contribution in [0.4, 0.5) is 0 Å². The van der Waals surface area contributed by atoms with Crippen LogP contribution in [0.2, 0.25) is 0 Å². The molecule has 0 bridgehead atoms. The van der Waals surface area contributed by atoms with E-state index in [9.17, 15) is 0 Å². The molecule has 0 aliphatic carbocycles. The molecule has 2 atom stereocenters. The molecule has 0 spiro atoms. The van der Waals surface area contributed by atoms with E-state index in [-0.39, 0.29) is 0 Å². The Labute approximate surface area is 110 Å². The lowest BCUT2D eigenvalue weighted by Gasteiger charge is -2.37. The molecule has 0 aromatic carbocycles. The number of nitrogens with zero attached hydrogens (tertiary/aromatic N) is 1. The van der Waals surface area contributed by atoms with Gasteiger partial charge in [-0.3, -0.25) is 4.90 Å². The van der Waals surface area contributed by atoms with Gasteiger partial charge in [0.1, 0.15) is 5.76 Å². The van der Waals surface area contributed by atoms with Gasteiger partial charge in [0.25, 0.3) is 0 Å². The molecule has 1 aromatic heterocycles. The number of hydrogen-bond acceptors (Lipinski definition) is 3. The fraction of sp³-hybridized carbons (Fsp3) is 0.733. The van der Waals surface area contributed by atoms with Gasteiger partial charge in [-0.1, -0.05) is 6.92 Å². The maximum absolute atomic E-state index is 5.61. The third-order valence-electron chi connectivity index (χ3n) is 3.89. The van der Waals surface area contributed by atoms with E-state index in [1.54, 1.807) is 13.4 Å². The van der Waals surface area contributed by atoms with Crippen LogP contribution < -0.4 is 0 Å². The van der Waals surface area contributed by atoms with Gasteiger partial charge in [-0.05, 0) is 56.8 Å². The summed E-state index contributed by atoms with van der Waals surface area (Å²) >= 11 is 0. The normalized spacial score (nSPS) is 25.4. The van der Waals surface area contributed by atoms with Crippen LogP contribution in [-0.4, -0.2) is 31.7 Å². The summed E-state index contributed by atoms with van der Waals surface area (Å²) in [5.74, 6) is 1.93. The zero-order valence-corrected chi connectivity index (χ0v) is 11.6. The average molecular weight is 251 g/mol. The third kappa shape index (κ3) is 3.59. The largest absolute Gasteiger partial charge is 0.468 e. The number of piperidine rings is 1. The van der Waals surface area contributed by atoms with Crippen LogP contribution in [0.25, 0.3) is 0 Å². The molecule has 3 heteroatoms. The summed E-state index contributed by atoms with van der Waals surface area (Å²) in [5, 5.41) is 0. The van der Waals surface area contributed by atoms with E-state index in [4.69, 9.17) is 9.15 Å². The maximum Gasteiger partial charge on any atom is 0.120 e. The van der Waals surface area contributed by atoms with Crippen molar-refractivity contribution in [2.24, 2.45) is 5.92 Å². The van der Waals surface area contributed by atoms with Gasteiger partial charge in [0.2, 0.25) is 0 Å². The molecule has 0 saturated carbocycles. The van der Waals surface area contributed by atoms with Crippen LogP contribution in [0.15, 0.2) is 22.8 Å². The molecule has 1 fully saturated rings. The minimum Gasteiger partial charge on any atom is -0.468 e. The second-order valence-electron chi connectivity index (χ2n) is 5.40. The minimum atomic E-state index is 0.478. The van der Waals surface area contributed by atoms with Crippen molar-refractivity contribution in [3.63, 3.8) is 0 Å². The van der Waals surface area contributed by atoms with E-state index in [1.165, 1.54) is 25.8 Å². The predicted octanol–water partition coefficient (Wildman–Crippen LogP) is 3.48. The SMILES string of the molecule is COCCCCN1CCC(C)CC1c1ccco1. The monoisotopic (exact) mass is 251 g/mol. The third-order valence-corrected chi connectivity index (χ3v) is 3.89. The summed E-state index contributed by atoms with van der Waals surface area (Å²) in [6.45, 7) is 5.56. The molecule has 1 saturated heterocycles. The van der Waals surface area contributed by atoms with Crippen molar-refractivity contribution < 1.29 is 9.15 Å². The summed E-state index contributed by atoms with van der Waals surface area (Å²) in [6, 6.07) is 4.59. The zero-order chi connectivity index (χ0) is 12.8. The van der Waals surface area contributed by atoms with Gasteiger partial charge < -0.3 is 9.15 Å². The van der Waals surface area contributed by atoms with Gasteiger partial charge >= 0.3 is 0 Å². The van der Waals surface area contributed by atoms with Crippen molar-refractivity contribution >= 4 is 0 Å². The quantitative estimate of drug-likeness (QED) is 0.724. The summed E-state index contributed by atoms with van der Waals surface area (Å²) in [5.41, 5.74) is 0. The molecule has 3 nitrogen and oxygen atoms in total. The molecule has 102 valence electrons. The molecule has 2 unspecified atom stereocenters. The summed E-state index contributed by atoms with van der Waals surface area (Å²) in [4.78, 5) is 2.58. The van der Waals surface area contributed by atoms with Crippen molar-refractivity contribution in [3.05, 3.63) is 24.2 Å². The van der Waals surface area contributed by atoms with E-state index in [1.807, 2.05) is 6.07 Å². The van der Waals surface area contributed by atoms with Crippen molar-refractivity contribution in [2.45, 2.75) is 38.6 Å². The van der Waals surface area contributed by atoms with Crippen molar-refractivity contribution in [2.75, 3.05) is 26.8 Å². The summed E-state index contributed by atoms with van der Waals surface area (Å²) in [6.07, 6.45) is 6.67. The van der Waals surface area contributed by atoms with Gasteiger partial charge in [-0.2, -0.15) is 0 Å². The first-order valence-electron chi connectivity index (χ1n) is 7.07. The molecule has 0 N–H and O–H groups in total. The molecule has 2 heterocycles. The molecule has 1 aliphatic rings. The Morgan fingerprint density at radius 1 is 1.44 bits per heavy atom. The number of furan rings is 1. The molecule has 0 amide bonds. The van der Waals surface area contributed by atoms with Crippen LogP contribution in [0, 0.1) is 5.92 Å². The first-order chi connectivity index (χ1) is 8.81. The van der Waals surface area contributed by atoms with E-state index in [0.29, 0.717) is 6.04 Å². The van der Waals surface area contributed by atoms with Crippen molar-refractivity contribution in [3.8, 4) is 0 Å². The van der Waals surface area contributed by atoms with Crippen LogP contribution in [-0.2, 0) is 4.74 Å². The van der Waals surface area contributed by atoms with Crippen LogP contribution >= 0.6 is 0 Å². The zero-order valence-electron chi connectivity index (χ0n) is 11.6. The fourth-order valence-electron chi connectivity index (χ4n) is 2.80. The van der Waals surface area contributed by atoms with Crippen molar-refractivity contribution in [1.29, 1.82) is 0 Å². The Morgan fingerprint density at radius 2 is 2.33 bits per heavy atom. The van der Waals surface area contributed by atoms with Gasteiger partial charge in [-0.25, -0.2) is 0 Å². The first kappa shape index (κ1) is 13.6. The Morgan fingerprint density at radius 3 is 3.06 bits per heavy atom. The lowest BCUT2D eigenvalue weighted by Crippen LogP contribution is -2.36. The standard InChI is InChI=1S/C15H25NO2/c1-13-7-9-16(8-3-4-10-17-2)14(12-13)15-6-5-11-18-15/h5-6,11,13-14H,3-4,7-10,12H2,1-2H3. The van der Waals surface area contributed by atoms with Crippen LogP contribution in [0.5, 0.6) is 0 Å². The smallest absolute Gasteiger partial charge is 0.120 e. The highest BCUT2D eigenvalue weighted by molar-refractivity contribution is 5.06. The van der Waals surface area contributed by atoms with Gasteiger partial charge in [-0.15, -0.1) is 0 Å². The van der Waals surface area contributed by atoms with E-state index < -0.39 is 0 Å². The van der Waals surface area contributed by atoms with Crippen LogP contribution in [0.1, 0.15) is 44.4 Å². The van der Waals surface area contributed by atoms with E-state index >= 15 is 0 Å². The Balaban J connectivity index is 1.89. The highest BCUT2D eigenvalue weighted by Gasteiger charge is 2.28. The van der Waals surface area contributed by atoms with E-state index in [0.717, 1.165) is 31.3 Å². The highest BCUT2D eigenvalue weighted by Crippen LogP contribution is 2.34. The number of hydrogen-bond donors (Lipinski definition) is 0. The number of unbranched alkanes of at least 4 members (excludes halogenated alkanes) is 1. The first-order valence-corrected chi connectivity index (χ1v) is 7.07.